The van der Waals surface area contributed by atoms with Gasteiger partial charge in [-0.25, -0.2) is 0 Å². The third-order valence-corrected chi connectivity index (χ3v) is 6.38. The summed E-state index contributed by atoms with van der Waals surface area (Å²) < 4.78 is 5.85. The van der Waals surface area contributed by atoms with Gasteiger partial charge in [-0.1, -0.05) is 104 Å². The molecule has 0 radical (unpaired) electrons. The molecule has 0 aliphatic heterocycles. The van der Waals surface area contributed by atoms with E-state index in [1.807, 2.05) is 42.5 Å². The minimum Gasteiger partial charge on any atom is -0.415 e. The minimum atomic E-state index is 0.00109. The van der Waals surface area contributed by atoms with Crippen LogP contribution in [0.3, 0.4) is 0 Å². The second kappa shape index (κ2) is 10.6. The Bertz CT molecular complexity index is 1180. The highest BCUT2D eigenvalue weighted by molar-refractivity contribution is 7.99. The summed E-state index contributed by atoms with van der Waals surface area (Å²) in [4.78, 5) is 12.6. The van der Waals surface area contributed by atoms with Gasteiger partial charge in [-0.05, 0) is 41.5 Å². The zero-order valence-electron chi connectivity index (χ0n) is 19.2. The molecular weight excluding hydrogens is 428 g/mol. The predicted molar refractivity (Wildman–Crippen MR) is 134 cm³/mol. The van der Waals surface area contributed by atoms with Crippen molar-refractivity contribution in [3.8, 4) is 11.1 Å². The molecule has 3 aromatic carbocycles. The smallest absolute Gasteiger partial charge is 0.277 e. The van der Waals surface area contributed by atoms with E-state index in [-0.39, 0.29) is 17.5 Å². The van der Waals surface area contributed by atoms with Crippen LogP contribution in [0.5, 0.6) is 0 Å². The molecule has 0 spiro atoms. The fourth-order valence-corrected chi connectivity index (χ4v) is 4.36. The molecule has 5 heteroatoms. The van der Waals surface area contributed by atoms with Crippen molar-refractivity contribution in [2.45, 2.75) is 38.3 Å². The molecular formula is C28H28N2O2S. The highest BCUT2D eigenvalue weighted by atomic mass is 32.2. The zero-order chi connectivity index (χ0) is 23.2. The van der Waals surface area contributed by atoms with Crippen molar-refractivity contribution in [1.82, 2.24) is 10.2 Å². The normalized spacial score (nSPS) is 12.1. The lowest BCUT2D eigenvalue weighted by Crippen LogP contribution is -2.02. The number of hydrogen-bond acceptors (Lipinski definition) is 5. The molecule has 4 rings (SSSR count). The maximum absolute atomic E-state index is 12.6. The van der Waals surface area contributed by atoms with Crippen molar-refractivity contribution in [3.05, 3.63) is 101 Å². The molecule has 1 unspecified atom stereocenters. The molecule has 0 saturated heterocycles. The predicted octanol–water partition coefficient (Wildman–Crippen LogP) is 7.06. The summed E-state index contributed by atoms with van der Waals surface area (Å²) in [6.07, 6.45) is 1.07. The van der Waals surface area contributed by atoms with E-state index in [9.17, 15) is 4.79 Å². The molecule has 4 nitrogen and oxygen atoms in total. The van der Waals surface area contributed by atoms with Gasteiger partial charge in [0.2, 0.25) is 5.89 Å². The second-order valence-corrected chi connectivity index (χ2v) is 9.55. The Labute approximate surface area is 199 Å². The standard InChI is InChI=1S/C28H28N2O2S/c1-19(2)17-21-9-11-22(12-10-21)20(3)27-29-30-28(32-27)33-18-26(31)25-15-13-24(14-16-25)23-7-5-4-6-8-23/h4-16,19-20H,17-18H2,1-3H3. The number of ketones is 1. The van der Waals surface area contributed by atoms with E-state index >= 15 is 0 Å². The van der Waals surface area contributed by atoms with Crippen molar-refractivity contribution in [1.29, 1.82) is 0 Å². The molecule has 0 saturated carbocycles. The van der Waals surface area contributed by atoms with Gasteiger partial charge in [0.25, 0.3) is 5.22 Å². The van der Waals surface area contributed by atoms with Crippen LogP contribution < -0.4 is 0 Å². The third-order valence-electron chi connectivity index (χ3n) is 5.56. The Morgan fingerprint density at radius 2 is 1.52 bits per heavy atom. The first-order chi connectivity index (χ1) is 16.0. The van der Waals surface area contributed by atoms with Crippen molar-refractivity contribution < 1.29 is 9.21 Å². The van der Waals surface area contributed by atoms with Crippen LogP contribution in [0.4, 0.5) is 0 Å². The van der Waals surface area contributed by atoms with E-state index in [4.69, 9.17) is 4.42 Å². The van der Waals surface area contributed by atoms with Crippen LogP contribution in [0.15, 0.2) is 88.5 Å². The van der Waals surface area contributed by atoms with Crippen LogP contribution in [0, 0.1) is 5.92 Å². The van der Waals surface area contributed by atoms with Crippen molar-refractivity contribution in [2.75, 3.05) is 5.75 Å². The molecule has 168 valence electrons. The van der Waals surface area contributed by atoms with E-state index in [1.165, 1.54) is 17.3 Å². The number of carbonyl (C=O) groups is 1. The zero-order valence-corrected chi connectivity index (χ0v) is 20.0. The summed E-state index contributed by atoms with van der Waals surface area (Å²) >= 11 is 1.28. The molecule has 0 aliphatic rings. The Kier molecular flexibility index (Phi) is 7.40. The molecule has 33 heavy (non-hydrogen) atoms. The lowest BCUT2D eigenvalue weighted by atomic mass is 9.97. The van der Waals surface area contributed by atoms with Crippen LogP contribution >= 0.6 is 11.8 Å². The van der Waals surface area contributed by atoms with Gasteiger partial charge < -0.3 is 4.42 Å². The summed E-state index contributed by atoms with van der Waals surface area (Å²) in [5.41, 5.74) is 5.37. The summed E-state index contributed by atoms with van der Waals surface area (Å²) in [7, 11) is 0. The number of benzene rings is 3. The lowest BCUT2D eigenvalue weighted by molar-refractivity contribution is 0.102. The summed E-state index contributed by atoms with van der Waals surface area (Å²) in [5, 5.41) is 8.76. The average molecular weight is 457 g/mol. The first-order valence-electron chi connectivity index (χ1n) is 11.2. The highest BCUT2D eigenvalue weighted by Crippen LogP contribution is 2.27. The van der Waals surface area contributed by atoms with E-state index in [1.54, 1.807) is 0 Å². The maximum atomic E-state index is 12.6. The fourth-order valence-electron chi connectivity index (χ4n) is 3.70. The highest BCUT2D eigenvalue weighted by Gasteiger charge is 2.17. The van der Waals surface area contributed by atoms with Crippen LogP contribution in [0.2, 0.25) is 0 Å². The van der Waals surface area contributed by atoms with Crippen LogP contribution in [0.1, 0.15) is 54.1 Å². The van der Waals surface area contributed by atoms with Crippen LogP contribution in [0.25, 0.3) is 11.1 Å². The molecule has 0 fully saturated rings. The SMILES string of the molecule is CC(C)Cc1ccc(C(C)c2nnc(SCC(=O)c3ccc(-c4ccccc4)cc3)o2)cc1. The fraction of sp³-hybridized carbons (Fsp3) is 0.250. The summed E-state index contributed by atoms with van der Waals surface area (Å²) in [5.74, 6) is 1.49. The summed E-state index contributed by atoms with van der Waals surface area (Å²) in [6, 6.07) is 26.4. The quantitative estimate of drug-likeness (QED) is 0.199. The van der Waals surface area contributed by atoms with Gasteiger partial charge in [0.1, 0.15) is 0 Å². The van der Waals surface area contributed by atoms with Gasteiger partial charge in [-0.3, -0.25) is 4.79 Å². The Morgan fingerprint density at radius 3 is 2.18 bits per heavy atom. The Hall–Kier alpha value is -3.18. The van der Waals surface area contributed by atoms with E-state index in [0.29, 0.717) is 22.6 Å². The van der Waals surface area contributed by atoms with E-state index < -0.39 is 0 Å². The first kappa shape index (κ1) is 23.0. The summed E-state index contributed by atoms with van der Waals surface area (Å²) in [6.45, 7) is 6.50. The minimum absolute atomic E-state index is 0.00109. The van der Waals surface area contributed by atoms with Gasteiger partial charge in [0.05, 0.1) is 11.7 Å². The number of Topliss-reactive ketones (excluding diaryl/α,β-unsaturated/α-hetero) is 1. The van der Waals surface area contributed by atoms with Crippen LogP contribution in [-0.4, -0.2) is 21.7 Å². The number of aromatic nitrogens is 2. The van der Waals surface area contributed by atoms with Gasteiger partial charge in [-0.15, -0.1) is 10.2 Å². The third kappa shape index (κ3) is 5.99. The average Bonchev–Trinajstić information content (AvgIpc) is 3.32. The monoisotopic (exact) mass is 456 g/mol. The van der Waals surface area contributed by atoms with E-state index in [0.717, 1.165) is 23.1 Å². The molecule has 0 N–H and O–H groups in total. The first-order valence-corrected chi connectivity index (χ1v) is 12.2. The second-order valence-electron chi connectivity index (χ2n) is 8.62. The molecule has 1 atom stereocenters. The van der Waals surface area contributed by atoms with Gasteiger partial charge in [-0.2, -0.15) is 0 Å². The number of thioether (sulfide) groups is 1. The molecule has 4 aromatic rings. The number of rotatable bonds is 9. The van der Waals surface area contributed by atoms with Gasteiger partial charge >= 0.3 is 0 Å². The largest absolute Gasteiger partial charge is 0.415 e. The number of carbonyl (C=O) groups excluding carboxylic acids is 1. The topological polar surface area (TPSA) is 56.0 Å². The number of nitrogens with zero attached hydrogens (tertiary/aromatic N) is 2. The Morgan fingerprint density at radius 1 is 0.848 bits per heavy atom. The molecule has 1 aromatic heterocycles. The molecule has 1 heterocycles. The molecule has 0 amide bonds. The molecule has 0 aliphatic carbocycles. The van der Waals surface area contributed by atoms with Crippen molar-refractivity contribution >= 4 is 17.5 Å². The lowest BCUT2D eigenvalue weighted by Gasteiger charge is -2.09. The van der Waals surface area contributed by atoms with Crippen molar-refractivity contribution in [2.24, 2.45) is 5.92 Å². The van der Waals surface area contributed by atoms with Gasteiger partial charge in [0.15, 0.2) is 5.78 Å². The van der Waals surface area contributed by atoms with E-state index in [2.05, 4.69) is 67.4 Å². The number of hydrogen-bond donors (Lipinski definition) is 0. The maximum Gasteiger partial charge on any atom is 0.277 e. The van der Waals surface area contributed by atoms with Crippen molar-refractivity contribution in [3.63, 3.8) is 0 Å². The van der Waals surface area contributed by atoms with Gasteiger partial charge in [0, 0.05) is 5.56 Å². The molecule has 0 bridgehead atoms. The Balaban J connectivity index is 1.34. The van der Waals surface area contributed by atoms with Crippen LogP contribution in [-0.2, 0) is 6.42 Å².